The molecule has 0 radical (unpaired) electrons. The van der Waals surface area contributed by atoms with Gasteiger partial charge in [-0.3, -0.25) is 0 Å². The molecule has 0 aromatic carbocycles. The summed E-state index contributed by atoms with van der Waals surface area (Å²) in [5.41, 5.74) is 0. The third-order valence-corrected chi connectivity index (χ3v) is 2.50. The SMILES string of the molecule is CCNc1ncc(Cl)c(N(CC)CCC#N)n1. The highest BCUT2D eigenvalue weighted by atomic mass is 35.5. The number of rotatable bonds is 6. The number of nitrogens with one attached hydrogen (secondary N) is 1. The molecule has 0 saturated heterocycles. The Hall–Kier alpha value is -1.54. The Labute approximate surface area is 106 Å². The van der Waals surface area contributed by atoms with Crippen molar-refractivity contribution in [2.75, 3.05) is 29.9 Å². The van der Waals surface area contributed by atoms with Gasteiger partial charge in [0.2, 0.25) is 5.95 Å². The van der Waals surface area contributed by atoms with Gasteiger partial charge in [0.05, 0.1) is 18.7 Å². The van der Waals surface area contributed by atoms with Crippen molar-refractivity contribution in [3.8, 4) is 6.07 Å². The molecule has 1 rings (SSSR count). The molecule has 0 atom stereocenters. The third kappa shape index (κ3) is 3.75. The quantitative estimate of drug-likeness (QED) is 0.843. The van der Waals surface area contributed by atoms with Gasteiger partial charge >= 0.3 is 0 Å². The van der Waals surface area contributed by atoms with Crippen molar-refractivity contribution in [1.29, 1.82) is 5.26 Å². The minimum Gasteiger partial charge on any atom is -0.354 e. The second-order valence-corrected chi connectivity index (χ2v) is 3.79. The van der Waals surface area contributed by atoms with E-state index in [-0.39, 0.29) is 0 Å². The Balaban J connectivity index is 2.92. The zero-order chi connectivity index (χ0) is 12.7. The van der Waals surface area contributed by atoms with E-state index in [1.807, 2.05) is 18.7 Å². The van der Waals surface area contributed by atoms with Crippen LogP contribution in [-0.2, 0) is 0 Å². The lowest BCUT2D eigenvalue weighted by atomic mass is 10.4. The smallest absolute Gasteiger partial charge is 0.224 e. The molecule has 1 heterocycles. The lowest BCUT2D eigenvalue weighted by Crippen LogP contribution is -2.25. The average Bonchev–Trinajstić information content (AvgIpc) is 2.34. The third-order valence-electron chi connectivity index (χ3n) is 2.24. The van der Waals surface area contributed by atoms with Crippen LogP contribution in [0, 0.1) is 11.3 Å². The largest absolute Gasteiger partial charge is 0.354 e. The molecule has 17 heavy (non-hydrogen) atoms. The van der Waals surface area contributed by atoms with Crippen molar-refractivity contribution in [3.05, 3.63) is 11.2 Å². The van der Waals surface area contributed by atoms with E-state index in [1.165, 1.54) is 0 Å². The number of anilines is 2. The van der Waals surface area contributed by atoms with E-state index in [9.17, 15) is 0 Å². The van der Waals surface area contributed by atoms with Gasteiger partial charge in [0, 0.05) is 19.6 Å². The summed E-state index contributed by atoms with van der Waals surface area (Å²) >= 11 is 6.07. The fourth-order valence-electron chi connectivity index (χ4n) is 1.42. The summed E-state index contributed by atoms with van der Waals surface area (Å²) in [6.07, 6.45) is 2.03. The van der Waals surface area contributed by atoms with Crippen LogP contribution in [0.5, 0.6) is 0 Å². The van der Waals surface area contributed by atoms with Crippen LogP contribution in [0.15, 0.2) is 6.20 Å². The summed E-state index contributed by atoms with van der Waals surface area (Å²) in [7, 11) is 0. The van der Waals surface area contributed by atoms with E-state index < -0.39 is 0 Å². The molecular weight excluding hydrogens is 238 g/mol. The van der Waals surface area contributed by atoms with Gasteiger partial charge in [0.25, 0.3) is 0 Å². The summed E-state index contributed by atoms with van der Waals surface area (Å²) < 4.78 is 0. The van der Waals surface area contributed by atoms with Crippen molar-refractivity contribution in [2.45, 2.75) is 20.3 Å². The molecule has 0 unspecified atom stereocenters. The molecule has 6 heteroatoms. The summed E-state index contributed by atoms with van der Waals surface area (Å²) in [6, 6.07) is 2.12. The lowest BCUT2D eigenvalue weighted by Gasteiger charge is -2.21. The predicted molar refractivity (Wildman–Crippen MR) is 69.3 cm³/mol. The molecule has 0 aliphatic heterocycles. The standard InChI is InChI=1S/C11H16ClN5/c1-3-14-11-15-8-9(12)10(16-11)17(4-2)7-5-6-13/h8H,3-5,7H2,1-2H3,(H,14,15,16). The Morgan fingerprint density at radius 2 is 2.29 bits per heavy atom. The van der Waals surface area contributed by atoms with Crippen molar-refractivity contribution >= 4 is 23.4 Å². The predicted octanol–water partition coefficient (Wildman–Crippen LogP) is 2.30. The summed E-state index contributed by atoms with van der Waals surface area (Å²) in [6.45, 7) is 6.11. The topological polar surface area (TPSA) is 64.8 Å². The first-order chi connectivity index (χ1) is 8.22. The summed E-state index contributed by atoms with van der Waals surface area (Å²) in [5.74, 6) is 1.23. The van der Waals surface area contributed by atoms with Crippen LogP contribution in [0.25, 0.3) is 0 Å². The Morgan fingerprint density at radius 1 is 1.53 bits per heavy atom. The number of hydrogen-bond acceptors (Lipinski definition) is 5. The first kappa shape index (κ1) is 13.5. The molecule has 0 amide bonds. The Morgan fingerprint density at radius 3 is 2.88 bits per heavy atom. The molecule has 5 nitrogen and oxygen atoms in total. The van der Waals surface area contributed by atoms with Crippen molar-refractivity contribution in [2.24, 2.45) is 0 Å². The molecule has 92 valence electrons. The number of nitrogens with zero attached hydrogens (tertiary/aromatic N) is 4. The van der Waals surface area contributed by atoms with Crippen LogP contribution in [-0.4, -0.2) is 29.6 Å². The van der Waals surface area contributed by atoms with Crippen LogP contribution in [0.2, 0.25) is 5.02 Å². The van der Waals surface area contributed by atoms with Gasteiger partial charge in [-0.2, -0.15) is 10.2 Å². The highest BCUT2D eigenvalue weighted by molar-refractivity contribution is 6.32. The first-order valence-corrected chi connectivity index (χ1v) is 5.99. The molecule has 0 bridgehead atoms. The summed E-state index contributed by atoms with van der Waals surface area (Å²) in [5, 5.41) is 12.2. The number of aromatic nitrogens is 2. The van der Waals surface area contributed by atoms with Crippen LogP contribution >= 0.6 is 11.6 Å². The van der Waals surface area contributed by atoms with Crippen LogP contribution in [0.4, 0.5) is 11.8 Å². The number of halogens is 1. The number of nitriles is 1. The van der Waals surface area contributed by atoms with Crippen molar-refractivity contribution in [1.82, 2.24) is 9.97 Å². The van der Waals surface area contributed by atoms with Crippen LogP contribution in [0.1, 0.15) is 20.3 Å². The maximum atomic E-state index is 8.61. The van der Waals surface area contributed by atoms with Gasteiger partial charge in [-0.1, -0.05) is 11.6 Å². The number of hydrogen-bond donors (Lipinski definition) is 1. The van der Waals surface area contributed by atoms with Gasteiger partial charge in [0.15, 0.2) is 5.82 Å². The molecular formula is C11H16ClN5. The molecule has 1 aromatic heterocycles. The van der Waals surface area contributed by atoms with E-state index in [0.717, 1.165) is 13.1 Å². The Kier molecular flexibility index (Phi) is 5.50. The Bertz CT molecular complexity index is 401. The fourth-order valence-corrected chi connectivity index (χ4v) is 1.63. The van der Waals surface area contributed by atoms with Gasteiger partial charge < -0.3 is 10.2 Å². The van der Waals surface area contributed by atoms with Gasteiger partial charge in [-0.05, 0) is 13.8 Å². The average molecular weight is 254 g/mol. The summed E-state index contributed by atoms with van der Waals surface area (Å²) in [4.78, 5) is 10.4. The first-order valence-electron chi connectivity index (χ1n) is 5.61. The van der Waals surface area contributed by atoms with E-state index in [1.54, 1.807) is 6.20 Å². The molecule has 0 aliphatic carbocycles. The monoisotopic (exact) mass is 253 g/mol. The fraction of sp³-hybridized carbons (Fsp3) is 0.545. The molecule has 0 spiro atoms. The molecule has 1 N–H and O–H groups in total. The highest BCUT2D eigenvalue weighted by Crippen LogP contribution is 2.23. The van der Waals surface area contributed by atoms with E-state index >= 15 is 0 Å². The molecule has 1 aromatic rings. The molecule has 0 aliphatic rings. The maximum Gasteiger partial charge on any atom is 0.224 e. The van der Waals surface area contributed by atoms with E-state index in [0.29, 0.717) is 29.8 Å². The van der Waals surface area contributed by atoms with E-state index in [2.05, 4.69) is 21.4 Å². The van der Waals surface area contributed by atoms with Crippen molar-refractivity contribution < 1.29 is 0 Å². The zero-order valence-electron chi connectivity index (χ0n) is 10.1. The van der Waals surface area contributed by atoms with Crippen molar-refractivity contribution in [3.63, 3.8) is 0 Å². The zero-order valence-corrected chi connectivity index (χ0v) is 10.8. The van der Waals surface area contributed by atoms with Gasteiger partial charge in [0.1, 0.15) is 5.02 Å². The van der Waals surface area contributed by atoms with Gasteiger partial charge in [-0.15, -0.1) is 0 Å². The minimum absolute atomic E-state index is 0.449. The maximum absolute atomic E-state index is 8.61. The molecule has 0 saturated carbocycles. The van der Waals surface area contributed by atoms with Crippen LogP contribution in [0.3, 0.4) is 0 Å². The van der Waals surface area contributed by atoms with E-state index in [4.69, 9.17) is 16.9 Å². The minimum atomic E-state index is 0.449. The highest BCUT2D eigenvalue weighted by Gasteiger charge is 2.11. The lowest BCUT2D eigenvalue weighted by molar-refractivity contribution is 0.808. The normalized spacial score (nSPS) is 9.76. The van der Waals surface area contributed by atoms with Gasteiger partial charge in [-0.25, -0.2) is 4.98 Å². The molecule has 0 fully saturated rings. The second kappa shape index (κ2) is 6.92. The second-order valence-electron chi connectivity index (χ2n) is 3.38. The van der Waals surface area contributed by atoms with Crippen LogP contribution < -0.4 is 10.2 Å².